The molecule has 2 aliphatic rings. The van der Waals surface area contributed by atoms with Crippen LogP contribution in [0.4, 0.5) is 0 Å². The molecule has 0 bridgehead atoms. The summed E-state index contributed by atoms with van der Waals surface area (Å²) >= 11 is 0. The lowest BCUT2D eigenvalue weighted by Gasteiger charge is -2.44. The molecule has 0 spiro atoms. The molecule has 1 unspecified atom stereocenters. The van der Waals surface area contributed by atoms with E-state index in [0.717, 1.165) is 36.1 Å². The Morgan fingerprint density at radius 2 is 1.72 bits per heavy atom. The van der Waals surface area contributed by atoms with Gasteiger partial charge < -0.3 is 14.1 Å². The number of aliphatic hydroxyl groups excluding tert-OH is 1. The number of ketones is 1. The monoisotopic (exact) mass is 419 g/mol. The largest absolute Gasteiger partial charge is 0.408 e. The molecule has 1 N–H and O–H groups in total. The van der Waals surface area contributed by atoms with Crippen LogP contribution in [0, 0.1) is 0 Å². The number of hydrogen-bond acceptors (Lipinski definition) is 3. The Bertz CT molecular complexity index is 741. The highest BCUT2D eigenvalue weighted by atomic mass is 28.4. The van der Waals surface area contributed by atoms with Crippen molar-refractivity contribution in [3.63, 3.8) is 0 Å². The Kier molecular flexibility index (Phi) is 6.53. The SMILES string of the molecule is CCc1c(C(=O)C(C)O)c2n3c1CCC[C@@H]3C[C@@H]2O[Si](C(C)C)(C(C)C)C(C)C. The highest BCUT2D eigenvalue weighted by molar-refractivity contribution is 6.77. The summed E-state index contributed by atoms with van der Waals surface area (Å²) in [6.45, 7) is 17.7. The molecule has 0 radical (unpaired) electrons. The Balaban J connectivity index is 2.17. The molecular formula is C24H41NO3Si. The zero-order chi connectivity index (χ0) is 21.7. The molecule has 164 valence electrons. The van der Waals surface area contributed by atoms with Gasteiger partial charge in [-0.15, -0.1) is 0 Å². The van der Waals surface area contributed by atoms with Crippen molar-refractivity contribution in [3.8, 4) is 0 Å². The van der Waals surface area contributed by atoms with Gasteiger partial charge in [0, 0.05) is 17.3 Å². The maximum absolute atomic E-state index is 13.1. The van der Waals surface area contributed by atoms with Crippen molar-refractivity contribution < 1.29 is 14.3 Å². The van der Waals surface area contributed by atoms with Crippen molar-refractivity contribution >= 4 is 14.1 Å². The molecule has 0 aliphatic carbocycles. The molecule has 1 aromatic rings. The van der Waals surface area contributed by atoms with Crippen LogP contribution >= 0.6 is 0 Å². The zero-order valence-electron chi connectivity index (χ0n) is 19.7. The Morgan fingerprint density at radius 1 is 1.14 bits per heavy atom. The van der Waals surface area contributed by atoms with Crippen molar-refractivity contribution in [2.24, 2.45) is 0 Å². The molecular weight excluding hydrogens is 378 g/mol. The highest BCUT2D eigenvalue weighted by Gasteiger charge is 2.50. The van der Waals surface area contributed by atoms with Crippen LogP contribution in [0.25, 0.3) is 0 Å². The van der Waals surface area contributed by atoms with Gasteiger partial charge in [0.1, 0.15) is 6.10 Å². The predicted octanol–water partition coefficient (Wildman–Crippen LogP) is 6.13. The van der Waals surface area contributed by atoms with E-state index in [1.807, 2.05) is 0 Å². The van der Waals surface area contributed by atoms with Gasteiger partial charge in [-0.25, -0.2) is 0 Å². The van der Waals surface area contributed by atoms with Crippen molar-refractivity contribution in [2.45, 2.75) is 122 Å². The van der Waals surface area contributed by atoms with Gasteiger partial charge >= 0.3 is 0 Å². The number of rotatable bonds is 8. The van der Waals surface area contributed by atoms with Gasteiger partial charge in [0.2, 0.25) is 8.32 Å². The Morgan fingerprint density at radius 3 is 2.21 bits per heavy atom. The molecule has 3 heterocycles. The fraction of sp³-hybridized carbons (Fsp3) is 0.792. The van der Waals surface area contributed by atoms with E-state index in [1.165, 1.54) is 18.5 Å². The summed E-state index contributed by atoms with van der Waals surface area (Å²) in [4.78, 5) is 13.1. The summed E-state index contributed by atoms with van der Waals surface area (Å²) in [6.07, 6.45) is 4.21. The van der Waals surface area contributed by atoms with Gasteiger partial charge in [-0.1, -0.05) is 48.5 Å². The van der Waals surface area contributed by atoms with Crippen LogP contribution in [0.2, 0.25) is 16.6 Å². The van der Waals surface area contributed by atoms with Crippen LogP contribution in [0.1, 0.15) is 114 Å². The molecule has 0 saturated heterocycles. The third-order valence-electron chi connectivity index (χ3n) is 7.60. The molecule has 4 nitrogen and oxygen atoms in total. The van der Waals surface area contributed by atoms with E-state index >= 15 is 0 Å². The van der Waals surface area contributed by atoms with Crippen LogP contribution in [-0.2, 0) is 17.3 Å². The van der Waals surface area contributed by atoms with E-state index in [1.54, 1.807) is 6.92 Å². The van der Waals surface area contributed by atoms with Crippen LogP contribution in [-0.4, -0.2) is 29.9 Å². The van der Waals surface area contributed by atoms with Crippen LogP contribution in [0.5, 0.6) is 0 Å². The molecule has 3 atom stereocenters. The smallest absolute Gasteiger partial charge is 0.201 e. The summed E-state index contributed by atoms with van der Waals surface area (Å²) in [7, 11) is -2.07. The minimum absolute atomic E-state index is 0.0197. The molecule has 0 saturated carbocycles. The third kappa shape index (κ3) is 3.47. The van der Waals surface area contributed by atoms with E-state index in [0.29, 0.717) is 22.7 Å². The van der Waals surface area contributed by atoms with Gasteiger partial charge in [-0.3, -0.25) is 4.79 Å². The molecule has 5 heteroatoms. The highest BCUT2D eigenvalue weighted by Crippen LogP contribution is 2.53. The van der Waals surface area contributed by atoms with Gasteiger partial charge in [-0.05, 0) is 61.2 Å². The first kappa shape index (κ1) is 22.8. The second-order valence-electron chi connectivity index (χ2n) is 10.2. The molecule has 29 heavy (non-hydrogen) atoms. The number of aromatic nitrogens is 1. The molecule has 0 amide bonds. The number of Topliss-reactive ketones (excluding diaryl/α,β-unsaturated/α-hetero) is 1. The summed E-state index contributed by atoms with van der Waals surface area (Å²) < 4.78 is 9.70. The first-order valence-electron chi connectivity index (χ1n) is 11.7. The van der Waals surface area contributed by atoms with Gasteiger partial charge in [0.25, 0.3) is 0 Å². The lowest BCUT2D eigenvalue weighted by molar-refractivity contribution is 0.0772. The van der Waals surface area contributed by atoms with Gasteiger partial charge in [0.15, 0.2) is 5.78 Å². The second-order valence-corrected chi connectivity index (χ2v) is 15.6. The number of nitrogens with zero attached hydrogens (tertiary/aromatic N) is 1. The zero-order valence-corrected chi connectivity index (χ0v) is 20.7. The van der Waals surface area contributed by atoms with Crippen molar-refractivity contribution in [3.05, 3.63) is 22.5 Å². The van der Waals surface area contributed by atoms with Crippen LogP contribution in [0.3, 0.4) is 0 Å². The van der Waals surface area contributed by atoms with Crippen molar-refractivity contribution in [1.82, 2.24) is 4.57 Å². The second kappa shape index (κ2) is 8.31. The quantitative estimate of drug-likeness (QED) is 0.407. The molecule has 0 fully saturated rings. The number of carbonyl (C=O) groups excluding carboxylic acids is 1. The summed E-state index contributed by atoms with van der Waals surface area (Å²) in [5.74, 6) is -0.126. The first-order valence-corrected chi connectivity index (χ1v) is 13.9. The molecule has 1 aromatic heterocycles. The summed E-state index contributed by atoms with van der Waals surface area (Å²) in [6, 6.07) is 0.442. The Hall–Kier alpha value is -0.913. The number of hydrogen-bond donors (Lipinski definition) is 1. The van der Waals surface area contributed by atoms with Gasteiger partial charge in [-0.2, -0.15) is 0 Å². The first-order chi connectivity index (χ1) is 13.6. The van der Waals surface area contributed by atoms with E-state index in [-0.39, 0.29) is 11.9 Å². The van der Waals surface area contributed by atoms with Crippen LogP contribution in [0.15, 0.2) is 0 Å². The minimum Gasteiger partial charge on any atom is -0.408 e. The topological polar surface area (TPSA) is 51.5 Å². The van der Waals surface area contributed by atoms with E-state index in [2.05, 4.69) is 53.0 Å². The van der Waals surface area contributed by atoms with E-state index in [9.17, 15) is 9.90 Å². The van der Waals surface area contributed by atoms with E-state index < -0.39 is 14.4 Å². The number of carbonyl (C=O) groups is 1. The molecule has 2 aliphatic heterocycles. The van der Waals surface area contributed by atoms with Crippen LogP contribution < -0.4 is 0 Å². The average molecular weight is 420 g/mol. The maximum Gasteiger partial charge on any atom is 0.201 e. The summed E-state index contributed by atoms with van der Waals surface area (Å²) in [5, 5.41) is 10.2. The molecule has 0 aromatic carbocycles. The lowest BCUT2D eigenvalue weighted by Crippen LogP contribution is -2.48. The number of aliphatic hydroxyl groups is 1. The standard InChI is InChI=1S/C24H41NO3Si/c1-9-19-20-12-10-11-18-13-21(23(25(18)20)22(19)24(27)17(8)26)28-29(14(2)3,15(4)5)16(6)7/h14-18,21,26H,9-13H2,1-8H3/t17?,18-,21+/m1/s1. The molecule has 3 rings (SSSR count). The Labute approximate surface area is 178 Å². The van der Waals surface area contributed by atoms with E-state index in [4.69, 9.17) is 4.43 Å². The minimum atomic E-state index is -2.07. The third-order valence-corrected chi connectivity index (χ3v) is 13.7. The predicted molar refractivity (Wildman–Crippen MR) is 121 cm³/mol. The fourth-order valence-corrected chi connectivity index (χ4v) is 12.1. The van der Waals surface area contributed by atoms with Gasteiger partial charge in [0.05, 0.1) is 11.8 Å². The summed E-state index contributed by atoms with van der Waals surface area (Å²) in [5.41, 5.74) is 5.90. The van der Waals surface area contributed by atoms with Crippen molar-refractivity contribution in [2.75, 3.05) is 0 Å². The fourth-order valence-electron chi connectivity index (χ4n) is 6.55. The maximum atomic E-state index is 13.1. The van der Waals surface area contributed by atoms with Crippen molar-refractivity contribution in [1.29, 1.82) is 0 Å². The average Bonchev–Trinajstić information content (AvgIpc) is 3.17. The lowest BCUT2D eigenvalue weighted by atomic mass is 9.92. The normalized spacial score (nSPS) is 22.6.